The van der Waals surface area contributed by atoms with E-state index in [1.54, 1.807) is 19.1 Å². The lowest BCUT2D eigenvalue weighted by Crippen LogP contribution is -2.44. The van der Waals surface area contributed by atoms with Crippen LogP contribution in [0.1, 0.15) is 26.3 Å². The summed E-state index contributed by atoms with van der Waals surface area (Å²) in [4.78, 5) is 0. The quantitative estimate of drug-likeness (QED) is 0.674. The molecule has 0 saturated heterocycles. The largest absolute Gasteiger partial charge is 0.542 e. The number of rotatable bonds is 2. The molecular formula is C13H20BrFOSi. The molecule has 0 unspecified atom stereocenters. The Morgan fingerprint density at radius 3 is 2.24 bits per heavy atom. The van der Waals surface area contributed by atoms with Gasteiger partial charge in [0.25, 0.3) is 8.32 Å². The van der Waals surface area contributed by atoms with Crippen molar-refractivity contribution in [3.05, 3.63) is 28.0 Å². The van der Waals surface area contributed by atoms with Crippen molar-refractivity contribution >= 4 is 24.2 Å². The van der Waals surface area contributed by atoms with Crippen molar-refractivity contribution in [1.29, 1.82) is 0 Å². The molecule has 17 heavy (non-hydrogen) atoms. The van der Waals surface area contributed by atoms with Gasteiger partial charge in [-0.15, -0.1) is 0 Å². The molecule has 0 bridgehead atoms. The van der Waals surface area contributed by atoms with Crippen LogP contribution in [0, 0.1) is 12.7 Å². The highest BCUT2D eigenvalue weighted by Gasteiger charge is 2.39. The molecule has 0 fully saturated rings. The van der Waals surface area contributed by atoms with Crippen molar-refractivity contribution < 1.29 is 8.82 Å². The van der Waals surface area contributed by atoms with E-state index in [9.17, 15) is 4.39 Å². The highest BCUT2D eigenvalue weighted by atomic mass is 79.9. The molecule has 0 heterocycles. The number of aryl methyl sites for hydroxylation is 1. The first-order chi connectivity index (χ1) is 7.54. The Hall–Kier alpha value is -0.353. The average molecular weight is 319 g/mol. The molecule has 4 heteroatoms. The zero-order valence-electron chi connectivity index (χ0n) is 11.3. The van der Waals surface area contributed by atoms with Crippen molar-refractivity contribution in [3.8, 4) is 5.75 Å². The van der Waals surface area contributed by atoms with E-state index >= 15 is 0 Å². The van der Waals surface area contributed by atoms with Crippen molar-refractivity contribution in [1.82, 2.24) is 0 Å². The Labute approximate surface area is 113 Å². The molecule has 0 N–H and O–H groups in total. The van der Waals surface area contributed by atoms with Crippen LogP contribution >= 0.6 is 15.9 Å². The van der Waals surface area contributed by atoms with Gasteiger partial charge in [-0.2, -0.15) is 0 Å². The van der Waals surface area contributed by atoms with E-state index in [4.69, 9.17) is 4.43 Å². The first kappa shape index (κ1) is 14.7. The zero-order chi connectivity index (χ0) is 13.4. The Balaban J connectivity index is 3.12. The van der Waals surface area contributed by atoms with Gasteiger partial charge in [0.05, 0.1) is 0 Å². The van der Waals surface area contributed by atoms with E-state index in [2.05, 4.69) is 49.8 Å². The molecule has 0 aliphatic carbocycles. The molecule has 0 aliphatic heterocycles. The zero-order valence-corrected chi connectivity index (χ0v) is 13.9. The minimum atomic E-state index is -1.98. The summed E-state index contributed by atoms with van der Waals surface area (Å²) >= 11 is 3.37. The molecule has 0 atom stereocenters. The van der Waals surface area contributed by atoms with Gasteiger partial charge in [0, 0.05) is 4.47 Å². The first-order valence-electron chi connectivity index (χ1n) is 5.69. The normalized spacial score (nSPS) is 12.7. The Morgan fingerprint density at radius 1 is 1.24 bits per heavy atom. The molecule has 0 spiro atoms. The fourth-order valence-corrected chi connectivity index (χ4v) is 2.75. The van der Waals surface area contributed by atoms with Gasteiger partial charge in [-0.3, -0.25) is 0 Å². The van der Waals surface area contributed by atoms with Crippen LogP contribution in [0.15, 0.2) is 16.6 Å². The molecule has 1 rings (SSSR count). The SMILES string of the molecule is Cc1cc(Br)cc(O[Si](C)(C)C(C)(C)C)c1F. The van der Waals surface area contributed by atoms with Crippen molar-refractivity contribution in [2.45, 2.75) is 45.8 Å². The third-order valence-corrected chi connectivity index (χ3v) is 8.16. The predicted molar refractivity (Wildman–Crippen MR) is 76.7 cm³/mol. The maximum atomic E-state index is 14.0. The first-order valence-corrected chi connectivity index (χ1v) is 9.39. The minimum absolute atomic E-state index is 0.0651. The number of hydrogen-bond donors (Lipinski definition) is 0. The minimum Gasteiger partial charge on any atom is -0.542 e. The van der Waals surface area contributed by atoms with Crippen molar-refractivity contribution in [2.24, 2.45) is 0 Å². The summed E-state index contributed by atoms with van der Waals surface area (Å²) in [7, 11) is -1.98. The van der Waals surface area contributed by atoms with E-state index in [1.165, 1.54) is 0 Å². The number of halogens is 2. The second-order valence-corrected chi connectivity index (χ2v) is 11.5. The molecule has 0 radical (unpaired) electrons. The molecule has 96 valence electrons. The number of benzene rings is 1. The summed E-state index contributed by atoms with van der Waals surface area (Å²) in [5.74, 6) is 0.112. The van der Waals surface area contributed by atoms with Gasteiger partial charge in [0.1, 0.15) is 5.75 Å². The maximum absolute atomic E-state index is 14.0. The highest BCUT2D eigenvalue weighted by Crippen LogP contribution is 2.38. The monoisotopic (exact) mass is 318 g/mol. The van der Waals surface area contributed by atoms with E-state index in [0.717, 1.165) is 4.47 Å². The maximum Gasteiger partial charge on any atom is 0.250 e. The summed E-state index contributed by atoms with van der Waals surface area (Å²) in [6.45, 7) is 12.4. The second-order valence-electron chi connectivity index (χ2n) is 5.90. The van der Waals surface area contributed by atoms with Gasteiger partial charge in [-0.1, -0.05) is 36.7 Å². The molecule has 0 aliphatic rings. The van der Waals surface area contributed by atoms with Gasteiger partial charge in [0.2, 0.25) is 0 Å². The van der Waals surface area contributed by atoms with Gasteiger partial charge in [-0.05, 0) is 42.8 Å². The fraction of sp³-hybridized carbons (Fsp3) is 0.538. The van der Waals surface area contributed by atoms with Crippen LogP contribution in [0.3, 0.4) is 0 Å². The summed E-state index contributed by atoms with van der Waals surface area (Å²) in [5, 5.41) is 0.0651. The summed E-state index contributed by atoms with van der Waals surface area (Å²) in [5.41, 5.74) is 0.605. The second kappa shape index (κ2) is 4.73. The molecule has 1 aromatic carbocycles. The van der Waals surface area contributed by atoms with E-state index < -0.39 is 8.32 Å². The molecular weight excluding hydrogens is 299 g/mol. The lowest BCUT2D eigenvalue weighted by atomic mass is 10.2. The summed E-state index contributed by atoms with van der Waals surface area (Å²) < 4.78 is 20.8. The Bertz CT molecular complexity index is 424. The van der Waals surface area contributed by atoms with Crippen molar-refractivity contribution in [3.63, 3.8) is 0 Å². The van der Waals surface area contributed by atoms with E-state index in [1.807, 2.05) is 0 Å². The third kappa shape index (κ3) is 3.32. The van der Waals surface area contributed by atoms with E-state index in [-0.39, 0.29) is 10.9 Å². The topological polar surface area (TPSA) is 9.23 Å². The Morgan fingerprint density at radius 2 is 1.76 bits per heavy atom. The molecule has 1 nitrogen and oxygen atoms in total. The van der Waals surface area contributed by atoms with Gasteiger partial charge < -0.3 is 4.43 Å². The molecule has 0 amide bonds. The van der Waals surface area contributed by atoms with Crippen LogP contribution in [0.25, 0.3) is 0 Å². The smallest absolute Gasteiger partial charge is 0.250 e. The van der Waals surface area contributed by atoms with Crippen LogP contribution in [0.5, 0.6) is 5.75 Å². The average Bonchev–Trinajstić information content (AvgIpc) is 2.11. The van der Waals surface area contributed by atoms with Gasteiger partial charge >= 0.3 is 0 Å². The van der Waals surface area contributed by atoms with Crippen LogP contribution in [-0.2, 0) is 0 Å². The lowest BCUT2D eigenvalue weighted by Gasteiger charge is -2.36. The fourth-order valence-electron chi connectivity index (χ4n) is 1.20. The van der Waals surface area contributed by atoms with Crippen molar-refractivity contribution in [2.75, 3.05) is 0 Å². The number of hydrogen-bond acceptors (Lipinski definition) is 1. The summed E-state index contributed by atoms with van der Waals surface area (Å²) in [6, 6.07) is 3.47. The molecule has 1 aromatic rings. The van der Waals surface area contributed by atoms with Crippen LogP contribution < -0.4 is 4.43 Å². The van der Waals surface area contributed by atoms with Crippen LogP contribution in [-0.4, -0.2) is 8.32 Å². The summed E-state index contributed by atoms with van der Waals surface area (Å²) in [6.07, 6.45) is 0. The van der Waals surface area contributed by atoms with E-state index in [0.29, 0.717) is 11.3 Å². The predicted octanol–water partition coefficient (Wildman–Crippen LogP) is 5.28. The lowest BCUT2D eigenvalue weighted by molar-refractivity contribution is 0.454. The standard InChI is InChI=1S/C13H20BrFOSi/c1-9-7-10(14)8-11(12(9)15)16-17(5,6)13(2,3)4/h7-8H,1-6H3. The van der Waals surface area contributed by atoms with Gasteiger partial charge in [0.15, 0.2) is 5.82 Å². The molecule has 0 aromatic heterocycles. The van der Waals surface area contributed by atoms with Gasteiger partial charge in [-0.25, -0.2) is 4.39 Å². The van der Waals surface area contributed by atoms with Crippen LogP contribution in [0.2, 0.25) is 18.1 Å². The molecule has 0 saturated carbocycles. The highest BCUT2D eigenvalue weighted by molar-refractivity contribution is 9.10. The van der Waals surface area contributed by atoms with Crippen LogP contribution in [0.4, 0.5) is 4.39 Å². The Kier molecular flexibility index (Phi) is 4.09. The third-order valence-electron chi connectivity index (χ3n) is 3.36.